The predicted octanol–water partition coefficient (Wildman–Crippen LogP) is 2.06. The minimum absolute atomic E-state index is 0. The molecule has 0 aromatic heterocycles. The fourth-order valence-corrected chi connectivity index (χ4v) is 2.45. The summed E-state index contributed by atoms with van der Waals surface area (Å²) in [7, 11) is 0. The van der Waals surface area contributed by atoms with Crippen LogP contribution in [-0.2, 0) is 9.53 Å². The Morgan fingerprint density at radius 2 is 2.23 bits per heavy atom. The Kier molecular flexibility index (Phi) is 8.24. The van der Waals surface area contributed by atoms with E-state index in [0.29, 0.717) is 19.8 Å². The van der Waals surface area contributed by atoms with Gasteiger partial charge in [0.2, 0.25) is 0 Å². The highest BCUT2D eigenvalue weighted by atomic mass is 35.5. The molecule has 6 heteroatoms. The monoisotopic (exact) mass is 328 g/mol. The number of nitrogens with one attached hydrogen (secondary N) is 2. The molecule has 1 amide bonds. The highest BCUT2D eigenvalue weighted by molar-refractivity contribution is 5.85. The Hall–Kier alpha value is -1.30. The maximum absolute atomic E-state index is 12.3. The molecule has 0 radical (unpaired) electrons. The van der Waals surface area contributed by atoms with Crippen LogP contribution in [0, 0.1) is 0 Å². The van der Waals surface area contributed by atoms with Gasteiger partial charge < -0.3 is 20.1 Å². The summed E-state index contributed by atoms with van der Waals surface area (Å²) in [5.41, 5.74) is 1.01. The van der Waals surface area contributed by atoms with Gasteiger partial charge in [0.15, 0.2) is 0 Å². The van der Waals surface area contributed by atoms with Crippen molar-refractivity contribution in [2.24, 2.45) is 0 Å². The van der Waals surface area contributed by atoms with Gasteiger partial charge in [-0.3, -0.25) is 4.79 Å². The molecule has 1 aliphatic rings. The molecular weight excluding hydrogens is 304 g/mol. The molecule has 2 N–H and O–H groups in total. The third kappa shape index (κ3) is 4.87. The average molecular weight is 329 g/mol. The van der Waals surface area contributed by atoms with E-state index in [1.165, 1.54) is 0 Å². The van der Waals surface area contributed by atoms with Gasteiger partial charge in [0.1, 0.15) is 11.9 Å². The van der Waals surface area contributed by atoms with Crippen molar-refractivity contribution in [1.82, 2.24) is 10.6 Å². The van der Waals surface area contributed by atoms with Crippen molar-refractivity contribution in [3.8, 4) is 5.75 Å². The smallest absolute Gasteiger partial charge is 0.250 e. The number of rotatable bonds is 6. The maximum atomic E-state index is 12.3. The average Bonchev–Trinajstić information content (AvgIpc) is 2.54. The van der Waals surface area contributed by atoms with Crippen LogP contribution in [0.25, 0.3) is 0 Å². The van der Waals surface area contributed by atoms with Gasteiger partial charge in [-0.15, -0.1) is 12.4 Å². The first-order valence-corrected chi connectivity index (χ1v) is 7.60. The first kappa shape index (κ1) is 18.7. The number of ether oxygens (including phenoxy) is 2. The van der Waals surface area contributed by atoms with E-state index in [-0.39, 0.29) is 24.4 Å². The maximum Gasteiger partial charge on any atom is 0.250 e. The van der Waals surface area contributed by atoms with Crippen LogP contribution < -0.4 is 15.4 Å². The van der Waals surface area contributed by atoms with Crippen LogP contribution in [0.4, 0.5) is 0 Å². The first-order chi connectivity index (χ1) is 10.3. The Morgan fingerprint density at radius 1 is 1.45 bits per heavy atom. The third-order valence-corrected chi connectivity index (χ3v) is 3.54. The van der Waals surface area contributed by atoms with E-state index >= 15 is 0 Å². The van der Waals surface area contributed by atoms with Gasteiger partial charge >= 0.3 is 0 Å². The van der Waals surface area contributed by atoms with Gasteiger partial charge in [-0.25, -0.2) is 0 Å². The van der Waals surface area contributed by atoms with Crippen molar-refractivity contribution in [3.05, 3.63) is 29.8 Å². The van der Waals surface area contributed by atoms with Gasteiger partial charge in [0.05, 0.1) is 19.3 Å². The summed E-state index contributed by atoms with van der Waals surface area (Å²) in [4.78, 5) is 12.3. The number of para-hydroxylation sites is 1. The van der Waals surface area contributed by atoms with Crippen LogP contribution in [0.5, 0.6) is 5.75 Å². The van der Waals surface area contributed by atoms with Crippen molar-refractivity contribution in [3.63, 3.8) is 0 Å². The van der Waals surface area contributed by atoms with E-state index in [4.69, 9.17) is 9.47 Å². The SMILES string of the molecule is CCOc1ccccc1C(CC)NC(=O)C1CNCCO1.Cl. The van der Waals surface area contributed by atoms with Gasteiger partial charge in [0, 0.05) is 18.7 Å². The topological polar surface area (TPSA) is 59.6 Å². The number of hydrogen-bond acceptors (Lipinski definition) is 4. The second kappa shape index (κ2) is 9.66. The zero-order valence-electron chi connectivity index (χ0n) is 13.1. The minimum Gasteiger partial charge on any atom is -0.494 e. The van der Waals surface area contributed by atoms with E-state index in [9.17, 15) is 4.79 Å². The number of carbonyl (C=O) groups excluding carboxylic acids is 1. The third-order valence-electron chi connectivity index (χ3n) is 3.54. The van der Waals surface area contributed by atoms with E-state index in [1.807, 2.05) is 38.1 Å². The number of morpholine rings is 1. The highest BCUT2D eigenvalue weighted by Gasteiger charge is 2.25. The fourth-order valence-electron chi connectivity index (χ4n) is 2.45. The molecule has 0 saturated carbocycles. The normalized spacial score (nSPS) is 18.9. The Balaban J connectivity index is 0.00000242. The van der Waals surface area contributed by atoms with E-state index in [2.05, 4.69) is 10.6 Å². The minimum atomic E-state index is -0.410. The quantitative estimate of drug-likeness (QED) is 0.839. The zero-order valence-corrected chi connectivity index (χ0v) is 13.9. The fraction of sp³-hybridized carbons (Fsp3) is 0.562. The second-order valence-electron chi connectivity index (χ2n) is 5.00. The molecule has 124 valence electrons. The standard InChI is InChI=1S/C16H24N2O3.ClH/c1-3-13(12-7-5-6-8-14(12)20-4-2)18-16(19)15-11-17-9-10-21-15;/h5-8,13,15,17H,3-4,9-11H2,1-2H3,(H,18,19);1H. The predicted molar refractivity (Wildman–Crippen MR) is 88.6 cm³/mol. The Bertz CT molecular complexity index is 464. The molecule has 2 atom stereocenters. The lowest BCUT2D eigenvalue weighted by molar-refractivity contribution is -0.135. The van der Waals surface area contributed by atoms with Crippen LogP contribution in [0.2, 0.25) is 0 Å². The number of benzene rings is 1. The van der Waals surface area contributed by atoms with Crippen molar-refractivity contribution >= 4 is 18.3 Å². The summed E-state index contributed by atoms with van der Waals surface area (Å²) in [5.74, 6) is 0.759. The Labute approximate surface area is 138 Å². The lowest BCUT2D eigenvalue weighted by Gasteiger charge is -2.26. The molecule has 0 spiro atoms. The van der Waals surface area contributed by atoms with E-state index < -0.39 is 6.10 Å². The number of carbonyl (C=O) groups is 1. The summed E-state index contributed by atoms with van der Waals surface area (Å²) in [5, 5.41) is 6.24. The van der Waals surface area contributed by atoms with Gasteiger partial charge in [-0.1, -0.05) is 25.1 Å². The van der Waals surface area contributed by atoms with Gasteiger partial charge in [0.25, 0.3) is 5.91 Å². The largest absolute Gasteiger partial charge is 0.494 e. The van der Waals surface area contributed by atoms with Crippen LogP contribution >= 0.6 is 12.4 Å². The zero-order chi connectivity index (χ0) is 15.1. The molecule has 5 nitrogen and oxygen atoms in total. The van der Waals surface area contributed by atoms with Crippen molar-refractivity contribution < 1.29 is 14.3 Å². The molecule has 1 aromatic carbocycles. The van der Waals surface area contributed by atoms with Crippen LogP contribution in [-0.4, -0.2) is 38.3 Å². The number of amides is 1. The summed E-state index contributed by atoms with van der Waals surface area (Å²) in [6.07, 6.45) is 0.391. The number of halogens is 1. The molecule has 1 saturated heterocycles. The van der Waals surface area contributed by atoms with Crippen LogP contribution in [0.1, 0.15) is 31.9 Å². The first-order valence-electron chi connectivity index (χ1n) is 7.60. The summed E-state index contributed by atoms with van der Waals surface area (Å²) < 4.78 is 11.1. The number of hydrogen-bond donors (Lipinski definition) is 2. The molecule has 0 bridgehead atoms. The summed E-state index contributed by atoms with van der Waals surface area (Å²) in [6, 6.07) is 7.78. The Morgan fingerprint density at radius 3 is 2.86 bits per heavy atom. The lowest BCUT2D eigenvalue weighted by Crippen LogP contribution is -2.48. The summed E-state index contributed by atoms with van der Waals surface area (Å²) >= 11 is 0. The summed E-state index contributed by atoms with van der Waals surface area (Å²) in [6.45, 7) is 6.55. The highest BCUT2D eigenvalue weighted by Crippen LogP contribution is 2.27. The molecule has 1 aliphatic heterocycles. The van der Waals surface area contributed by atoms with Gasteiger partial charge in [-0.05, 0) is 19.4 Å². The molecular formula is C16H25ClN2O3. The van der Waals surface area contributed by atoms with E-state index in [0.717, 1.165) is 24.3 Å². The molecule has 1 fully saturated rings. The molecule has 1 aromatic rings. The molecule has 2 unspecified atom stereocenters. The van der Waals surface area contributed by atoms with Crippen LogP contribution in [0.15, 0.2) is 24.3 Å². The second-order valence-corrected chi connectivity index (χ2v) is 5.00. The molecule has 1 heterocycles. The van der Waals surface area contributed by atoms with Crippen molar-refractivity contribution in [2.45, 2.75) is 32.4 Å². The molecule has 2 rings (SSSR count). The van der Waals surface area contributed by atoms with Crippen LogP contribution in [0.3, 0.4) is 0 Å². The molecule has 0 aliphatic carbocycles. The van der Waals surface area contributed by atoms with E-state index in [1.54, 1.807) is 0 Å². The lowest BCUT2D eigenvalue weighted by atomic mass is 10.0. The van der Waals surface area contributed by atoms with Crippen molar-refractivity contribution in [2.75, 3.05) is 26.3 Å². The van der Waals surface area contributed by atoms with Gasteiger partial charge in [-0.2, -0.15) is 0 Å². The molecule has 22 heavy (non-hydrogen) atoms. The van der Waals surface area contributed by atoms with Crippen molar-refractivity contribution in [1.29, 1.82) is 0 Å².